The molecule has 0 atom stereocenters. The third-order valence-corrected chi connectivity index (χ3v) is 5.25. The first kappa shape index (κ1) is 20.5. The van der Waals surface area contributed by atoms with Gasteiger partial charge < -0.3 is 10.1 Å². The van der Waals surface area contributed by atoms with Gasteiger partial charge in [-0.2, -0.15) is 0 Å². The second-order valence-corrected chi connectivity index (χ2v) is 7.83. The van der Waals surface area contributed by atoms with Gasteiger partial charge in [-0.05, 0) is 31.2 Å². The lowest BCUT2D eigenvalue weighted by Gasteiger charge is -2.08. The van der Waals surface area contributed by atoms with Crippen molar-refractivity contribution >= 4 is 27.4 Å². The number of aryl methyl sites for hydroxylation is 1. The van der Waals surface area contributed by atoms with Gasteiger partial charge in [-0.1, -0.05) is 17.7 Å². The van der Waals surface area contributed by atoms with Crippen molar-refractivity contribution < 1.29 is 31.5 Å². The molecule has 0 heterocycles. The van der Waals surface area contributed by atoms with E-state index in [4.69, 9.17) is 4.74 Å². The molecule has 144 valence electrons. The van der Waals surface area contributed by atoms with Crippen LogP contribution in [0.5, 0.6) is 0 Å². The van der Waals surface area contributed by atoms with Crippen LogP contribution in [0.3, 0.4) is 0 Å². The molecule has 9 heteroatoms. The minimum Gasteiger partial charge on any atom is -0.456 e. The third kappa shape index (κ3) is 6.14. The minimum absolute atomic E-state index is 0.00287. The van der Waals surface area contributed by atoms with Gasteiger partial charge in [-0.25, -0.2) is 17.2 Å². The summed E-state index contributed by atoms with van der Waals surface area (Å²) in [5, 5.41) is 2.23. The van der Waals surface area contributed by atoms with Crippen molar-refractivity contribution in [3.63, 3.8) is 0 Å². The molecule has 0 aliphatic heterocycles. The molecule has 27 heavy (non-hydrogen) atoms. The van der Waals surface area contributed by atoms with Gasteiger partial charge in [0.15, 0.2) is 28.1 Å². The van der Waals surface area contributed by atoms with E-state index >= 15 is 0 Å². The Morgan fingerprint density at radius 1 is 1.04 bits per heavy atom. The van der Waals surface area contributed by atoms with E-state index < -0.39 is 52.1 Å². The molecule has 0 aliphatic carbocycles. The van der Waals surface area contributed by atoms with Crippen LogP contribution in [0.2, 0.25) is 0 Å². The molecule has 0 fully saturated rings. The molecule has 0 saturated heterocycles. The molecular formula is C18H17F2NO5S. The molecule has 0 radical (unpaired) electrons. The number of anilines is 1. The van der Waals surface area contributed by atoms with Gasteiger partial charge in [0.2, 0.25) is 0 Å². The number of esters is 1. The Labute approximate surface area is 155 Å². The van der Waals surface area contributed by atoms with E-state index in [2.05, 4.69) is 5.32 Å². The number of carbonyl (C=O) groups is 2. The number of carbonyl (C=O) groups excluding carboxylic acids is 2. The highest BCUT2D eigenvalue weighted by Gasteiger charge is 2.17. The Balaban J connectivity index is 1.80. The van der Waals surface area contributed by atoms with Crippen LogP contribution in [0.4, 0.5) is 14.5 Å². The number of benzene rings is 2. The van der Waals surface area contributed by atoms with E-state index in [1.165, 1.54) is 12.1 Å². The largest absolute Gasteiger partial charge is 0.456 e. The van der Waals surface area contributed by atoms with E-state index in [0.717, 1.165) is 23.8 Å². The van der Waals surface area contributed by atoms with E-state index in [0.29, 0.717) is 0 Å². The zero-order valence-electron chi connectivity index (χ0n) is 14.4. The molecule has 2 aromatic carbocycles. The summed E-state index contributed by atoms with van der Waals surface area (Å²) in [5.74, 6) is -4.29. The van der Waals surface area contributed by atoms with E-state index in [1.807, 2.05) is 6.92 Å². The highest BCUT2D eigenvalue weighted by molar-refractivity contribution is 7.91. The van der Waals surface area contributed by atoms with Crippen LogP contribution in [0.1, 0.15) is 12.0 Å². The summed E-state index contributed by atoms with van der Waals surface area (Å²) in [6.45, 7) is 1.14. The normalized spacial score (nSPS) is 11.1. The summed E-state index contributed by atoms with van der Waals surface area (Å²) in [7, 11) is -3.65. The summed E-state index contributed by atoms with van der Waals surface area (Å²) in [5.41, 5.74) is 0.900. The summed E-state index contributed by atoms with van der Waals surface area (Å²) in [4.78, 5) is 23.4. The number of ether oxygens (including phenoxy) is 1. The van der Waals surface area contributed by atoms with Gasteiger partial charge in [-0.3, -0.25) is 9.59 Å². The van der Waals surface area contributed by atoms with Gasteiger partial charge in [0.05, 0.1) is 17.1 Å². The van der Waals surface area contributed by atoms with Crippen LogP contribution in [-0.2, 0) is 24.2 Å². The molecule has 2 aromatic rings. The van der Waals surface area contributed by atoms with E-state index in [9.17, 15) is 26.8 Å². The maximum Gasteiger partial charge on any atom is 0.307 e. The highest BCUT2D eigenvalue weighted by Crippen LogP contribution is 2.14. The molecular weight excluding hydrogens is 380 g/mol. The average molecular weight is 397 g/mol. The Hall–Kier alpha value is -2.81. The van der Waals surface area contributed by atoms with Gasteiger partial charge in [-0.15, -0.1) is 0 Å². The lowest BCUT2D eigenvalue weighted by atomic mass is 10.2. The van der Waals surface area contributed by atoms with Crippen molar-refractivity contribution in [2.24, 2.45) is 0 Å². The van der Waals surface area contributed by atoms with Gasteiger partial charge in [0.1, 0.15) is 0 Å². The predicted molar refractivity (Wildman–Crippen MR) is 93.8 cm³/mol. The fourth-order valence-electron chi connectivity index (χ4n) is 2.07. The third-order valence-electron chi connectivity index (χ3n) is 3.52. The van der Waals surface area contributed by atoms with Crippen molar-refractivity contribution in [3.05, 3.63) is 59.7 Å². The fraction of sp³-hybridized carbons (Fsp3) is 0.222. The van der Waals surface area contributed by atoms with Crippen LogP contribution in [0, 0.1) is 18.6 Å². The first-order valence-electron chi connectivity index (χ1n) is 7.87. The van der Waals surface area contributed by atoms with E-state index in [-0.39, 0.29) is 10.6 Å². The molecule has 1 amide bonds. The smallest absolute Gasteiger partial charge is 0.307 e. The average Bonchev–Trinajstić information content (AvgIpc) is 2.62. The monoisotopic (exact) mass is 397 g/mol. The predicted octanol–water partition coefficient (Wildman–Crippen LogP) is 2.62. The zero-order valence-corrected chi connectivity index (χ0v) is 15.2. The standard InChI is InChI=1S/C18H17F2NO5S/c1-12-2-5-14(6-3-12)27(24,25)9-8-18(23)26-11-17(22)21-13-4-7-15(19)16(20)10-13/h2-7,10H,8-9,11H2,1H3,(H,21,22). The second kappa shape index (κ2) is 8.72. The van der Waals surface area contributed by atoms with Gasteiger partial charge in [0, 0.05) is 11.8 Å². The maximum atomic E-state index is 13.0. The molecule has 0 unspecified atom stereocenters. The fourth-order valence-corrected chi connectivity index (χ4v) is 3.29. The molecule has 6 nitrogen and oxygen atoms in total. The summed E-state index contributed by atoms with van der Waals surface area (Å²) in [6, 6.07) is 8.96. The summed E-state index contributed by atoms with van der Waals surface area (Å²) in [6.07, 6.45) is -0.422. The Kier molecular flexibility index (Phi) is 6.62. The molecule has 2 rings (SSSR count). The van der Waals surface area contributed by atoms with Crippen molar-refractivity contribution in [2.75, 3.05) is 17.7 Å². The number of sulfone groups is 1. The van der Waals surface area contributed by atoms with Crippen LogP contribution in [-0.4, -0.2) is 32.7 Å². The Morgan fingerprint density at radius 3 is 2.33 bits per heavy atom. The number of rotatable bonds is 7. The summed E-state index contributed by atoms with van der Waals surface area (Å²) < 4.78 is 54.8. The number of amides is 1. The second-order valence-electron chi connectivity index (χ2n) is 5.72. The molecule has 0 aromatic heterocycles. The lowest BCUT2D eigenvalue weighted by Crippen LogP contribution is -2.22. The molecule has 0 saturated carbocycles. The molecule has 0 aliphatic rings. The molecule has 0 spiro atoms. The first-order chi connectivity index (χ1) is 12.7. The topological polar surface area (TPSA) is 89.5 Å². The zero-order chi connectivity index (χ0) is 20.0. The highest BCUT2D eigenvalue weighted by atomic mass is 32.2. The van der Waals surface area contributed by atoms with Crippen LogP contribution >= 0.6 is 0 Å². The van der Waals surface area contributed by atoms with Gasteiger partial charge >= 0.3 is 5.97 Å². The van der Waals surface area contributed by atoms with Crippen LogP contribution in [0.15, 0.2) is 47.4 Å². The number of hydrogen-bond acceptors (Lipinski definition) is 5. The van der Waals surface area contributed by atoms with Crippen molar-refractivity contribution in [1.82, 2.24) is 0 Å². The SMILES string of the molecule is Cc1ccc(S(=O)(=O)CCC(=O)OCC(=O)Nc2ccc(F)c(F)c2)cc1. The summed E-state index contributed by atoms with van der Waals surface area (Å²) >= 11 is 0. The minimum atomic E-state index is -3.65. The van der Waals surface area contributed by atoms with E-state index in [1.54, 1.807) is 12.1 Å². The maximum absolute atomic E-state index is 13.0. The molecule has 0 bridgehead atoms. The first-order valence-corrected chi connectivity index (χ1v) is 9.52. The van der Waals surface area contributed by atoms with Gasteiger partial charge in [0.25, 0.3) is 5.91 Å². The number of nitrogens with one attached hydrogen (secondary N) is 1. The van der Waals surface area contributed by atoms with Crippen LogP contribution in [0.25, 0.3) is 0 Å². The Morgan fingerprint density at radius 2 is 1.70 bits per heavy atom. The lowest BCUT2D eigenvalue weighted by molar-refractivity contribution is -0.146. The number of halogens is 2. The van der Waals surface area contributed by atoms with Crippen molar-refractivity contribution in [3.8, 4) is 0 Å². The quantitative estimate of drug-likeness (QED) is 0.726. The van der Waals surface area contributed by atoms with Crippen LogP contribution < -0.4 is 5.32 Å². The van der Waals surface area contributed by atoms with Crippen molar-refractivity contribution in [2.45, 2.75) is 18.2 Å². The Bertz CT molecular complexity index is 943. The van der Waals surface area contributed by atoms with Crippen molar-refractivity contribution in [1.29, 1.82) is 0 Å². The number of hydrogen-bond donors (Lipinski definition) is 1. The molecule has 1 N–H and O–H groups in total.